The fourth-order valence-electron chi connectivity index (χ4n) is 5.10. The van der Waals surface area contributed by atoms with Crippen LogP contribution in [0.5, 0.6) is 11.5 Å². The van der Waals surface area contributed by atoms with E-state index in [1.165, 1.54) is 43.4 Å². The minimum Gasteiger partial charge on any atom is -0.493 e. The summed E-state index contributed by atoms with van der Waals surface area (Å²) < 4.78 is 11.9. The quantitative estimate of drug-likeness (QED) is 0.543. The van der Waals surface area contributed by atoms with Gasteiger partial charge in [-0.25, -0.2) is 0 Å². The molecule has 1 aromatic carbocycles. The number of hydrogen-bond acceptors (Lipinski definition) is 5. The Balaban J connectivity index is 1.48. The van der Waals surface area contributed by atoms with Crippen LogP contribution < -0.4 is 9.47 Å². The van der Waals surface area contributed by atoms with Crippen LogP contribution in [0.1, 0.15) is 56.6 Å². The number of ether oxygens (including phenoxy) is 2. The van der Waals surface area contributed by atoms with Crippen LogP contribution in [0.3, 0.4) is 0 Å². The van der Waals surface area contributed by atoms with E-state index in [0.717, 1.165) is 50.5 Å². The summed E-state index contributed by atoms with van der Waals surface area (Å²) in [5.74, 6) is 1.73. The third-order valence-corrected chi connectivity index (χ3v) is 6.73. The molecule has 1 saturated carbocycles. The van der Waals surface area contributed by atoms with Crippen LogP contribution in [0, 0.1) is 0 Å². The van der Waals surface area contributed by atoms with Gasteiger partial charge in [-0.1, -0.05) is 19.1 Å². The predicted octanol–water partition coefficient (Wildman–Crippen LogP) is 4.90. The number of likely N-dealkylation sites (tertiary alicyclic amines) is 1. The van der Waals surface area contributed by atoms with Crippen molar-refractivity contribution in [3.8, 4) is 11.5 Å². The maximum Gasteiger partial charge on any atom is 0.161 e. The summed E-state index contributed by atoms with van der Waals surface area (Å²) in [5.41, 5.74) is 2.53. The Kier molecular flexibility index (Phi) is 7.81. The van der Waals surface area contributed by atoms with E-state index in [-0.39, 0.29) is 0 Å². The lowest BCUT2D eigenvalue weighted by atomic mass is 10.1. The largest absolute Gasteiger partial charge is 0.493 e. The molecule has 1 aromatic heterocycles. The first-order valence-corrected chi connectivity index (χ1v) is 11.9. The van der Waals surface area contributed by atoms with Crippen molar-refractivity contribution in [2.75, 3.05) is 26.7 Å². The van der Waals surface area contributed by atoms with Gasteiger partial charge >= 0.3 is 0 Å². The van der Waals surface area contributed by atoms with Gasteiger partial charge in [0.2, 0.25) is 0 Å². The average Bonchev–Trinajstić information content (AvgIpc) is 3.47. The summed E-state index contributed by atoms with van der Waals surface area (Å²) in [6.07, 6.45) is 11.6. The fourth-order valence-corrected chi connectivity index (χ4v) is 5.10. The molecule has 31 heavy (non-hydrogen) atoms. The molecule has 0 unspecified atom stereocenters. The molecule has 0 N–H and O–H groups in total. The van der Waals surface area contributed by atoms with Gasteiger partial charge in [0.15, 0.2) is 11.5 Å². The summed E-state index contributed by atoms with van der Waals surface area (Å²) in [7, 11) is 1.74. The van der Waals surface area contributed by atoms with E-state index < -0.39 is 0 Å². The van der Waals surface area contributed by atoms with Crippen LogP contribution in [0.4, 0.5) is 0 Å². The van der Waals surface area contributed by atoms with Gasteiger partial charge in [-0.2, -0.15) is 0 Å². The van der Waals surface area contributed by atoms with E-state index in [1.807, 2.05) is 18.5 Å². The molecule has 5 nitrogen and oxygen atoms in total. The highest BCUT2D eigenvalue weighted by molar-refractivity contribution is 5.43. The maximum absolute atomic E-state index is 6.24. The summed E-state index contributed by atoms with van der Waals surface area (Å²) in [4.78, 5) is 9.50. The molecule has 1 atom stereocenters. The van der Waals surface area contributed by atoms with Crippen LogP contribution in [0.2, 0.25) is 0 Å². The van der Waals surface area contributed by atoms with Gasteiger partial charge in [-0.15, -0.1) is 0 Å². The Bertz CT molecular complexity index is 808. The van der Waals surface area contributed by atoms with Crippen LogP contribution in [-0.4, -0.2) is 53.7 Å². The topological polar surface area (TPSA) is 37.8 Å². The van der Waals surface area contributed by atoms with Crippen molar-refractivity contribution in [3.05, 3.63) is 53.9 Å². The molecule has 2 heterocycles. The zero-order chi connectivity index (χ0) is 21.5. The lowest BCUT2D eigenvalue weighted by Gasteiger charge is -2.30. The monoisotopic (exact) mass is 423 g/mol. The number of nitrogens with zero attached hydrogens (tertiary/aromatic N) is 3. The highest BCUT2D eigenvalue weighted by atomic mass is 16.5. The molecule has 0 radical (unpaired) electrons. The predicted molar refractivity (Wildman–Crippen MR) is 124 cm³/mol. The van der Waals surface area contributed by atoms with Crippen molar-refractivity contribution < 1.29 is 9.47 Å². The molecular formula is C26H37N3O2. The Morgan fingerprint density at radius 3 is 2.61 bits per heavy atom. The van der Waals surface area contributed by atoms with Crippen LogP contribution in [-0.2, 0) is 13.1 Å². The normalized spacial score (nSPS) is 19.9. The van der Waals surface area contributed by atoms with E-state index >= 15 is 0 Å². The molecule has 1 aliphatic carbocycles. The van der Waals surface area contributed by atoms with Crippen molar-refractivity contribution in [1.82, 2.24) is 14.8 Å². The van der Waals surface area contributed by atoms with Gasteiger partial charge in [0.1, 0.15) is 0 Å². The van der Waals surface area contributed by atoms with Gasteiger partial charge < -0.3 is 9.47 Å². The van der Waals surface area contributed by atoms with Crippen molar-refractivity contribution in [3.63, 3.8) is 0 Å². The molecule has 5 heteroatoms. The molecule has 0 spiro atoms. The Morgan fingerprint density at radius 2 is 1.87 bits per heavy atom. The summed E-state index contributed by atoms with van der Waals surface area (Å²) >= 11 is 0. The van der Waals surface area contributed by atoms with Crippen molar-refractivity contribution in [2.24, 2.45) is 0 Å². The number of rotatable bonds is 10. The zero-order valence-corrected chi connectivity index (χ0v) is 19.1. The second-order valence-corrected chi connectivity index (χ2v) is 8.97. The summed E-state index contributed by atoms with van der Waals surface area (Å²) in [6, 6.07) is 11.3. The Morgan fingerprint density at radius 1 is 1.03 bits per heavy atom. The SMILES string of the molecule is CCN1CCC[C@H]1CN(Cc1cccnc1)Cc1ccc(OC2CCCC2)c(OC)c1. The smallest absolute Gasteiger partial charge is 0.161 e. The molecular weight excluding hydrogens is 386 g/mol. The highest BCUT2D eigenvalue weighted by Crippen LogP contribution is 2.33. The molecule has 2 aliphatic rings. The summed E-state index contributed by atoms with van der Waals surface area (Å²) in [5, 5.41) is 0. The van der Waals surface area contributed by atoms with E-state index in [9.17, 15) is 0 Å². The van der Waals surface area contributed by atoms with Crippen molar-refractivity contribution in [1.29, 1.82) is 0 Å². The molecule has 2 fully saturated rings. The molecule has 168 valence electrons. The Hall–Kier alpha value is -2.11. The molecule has 4 rings (SSSR count). The van der Waals surface area contributed by atoms with Gasteiger partial charge in [-0.05, 0) is 80.9 Å². The van der Waals surface area contributed by atoms with Gasteiger partial charge in [-0.3, -0.25) is 14.8 Å². The van der Waals surface area contributed by atoms with E-state index in [4.69, 9.17) is 9.47 Å². The minimum absolute atomic E-state index is 0.337. The van der Waals surface area contributed by atoms with Gasteiger partial charge in [0, 0.05) is 38.1 Å². The van der Waals surface area contributed by atoms with E-state index in [1.54, 1.807) is 7.11 Å². The molecule has 0 bridgehead atoms. The number of hydrogen-bond donors (Lipinski definition) is 0. The second-order valence-electron chi connectivity index (χ2n) is 8.97. The standard InChI is InChI=1S/C26H37N3O2/c1-3-29-15-7-9-23(29)20-28(19-22-8-6-14-27-17-22)18-21-12-13-25(26(16-21)30-2)31-24-10-4-5-11-24/h6,8,12-14,16-17,23-24H,3-5,7,9-11,15,18-20H2,1-2H3/t23-/m0/s1. The van der Waals surface area contributed by atoms with Gasteiger partial charge in [0.25, 0.3) is 0 Å². The van der Waals surface area contributed by atoms with Crippen molar-refractivity contribution in [2.45, 2.75) is 70.7 Å². The third-order valence-electron chi connectivity index (χ3n) is 6.73. The third kappa shape index (κ3) is 5.98. The van der Waals surface area contributed by atoms with Crippen LogP contribution in [0.15, 0.2) is 42.7 Å². The fraction of sp³-hybridized carbons (Fsp3) is 0.577. The number of likely N-dealkylation sites (N-methyl/N-ethyl adjacent to an activating group) is 1. The Labute approximate surface area is 187 Å². The number of aromatic nitrogens is 1. The lowest BCUT2D eigenvalue weighted by molar-refractivity contribution is 0.165. The average molecular weight is 424 g/mol. The highest BCUT2D eigenvalue weighted by Gasteiger charge is 2.25. The first kappa shape index (κ1) is 22.1. The summed E-state index contributed by atoms with van der Waals surface area (Å²) in [6.45, 7) is 7.51. The zero-order valence-electron chi connectivity index (χ0n) is 19.1. The number of pyridine rings is 1. The molecule has 0 amide bonds. The molecule has 2 aromatic rings. The van der Waals surface area contributed by atoms with Crippen LogP contribution >= 0.6 is 0 Å². The van der Waals surface area contributed by atoms with Gasteiger partial charge in [0.05, 0.1) is 13.2 Å². The minimum atomic E-state index is 0.337. The maximum atomic E-state index is 6.24. The first-order valence-electron chi connectivity index (χ1n) is 11.9. The second kappa shape index (κ2) is 11.0. The van der Waals surface area contributed by atoms with E-state index in [2.05, 4.69) is 46.0 Å². The van der Waals surface area contributed by atoms with Crippen LogP contribution in [0.25, 0.3) is 0 Å². The lowest BCUT2D eigenvalue weighted by Crippen LogP contribution is -2.39. The molecule has 1 aliphatic heterocycles. The number of benzene rings is 1. The van der Waals surface area contributed by atoms with Crippen molar-refractivity contribution >= 4 is 0 Å². The number of methoxy groups -OCH3 is 1. The molecule has 1 saturated heterocycles. The first-order chi connectivity index (χ1) is 15.2. The van der Waals surface area contributed by atoms with E-state index in [0.29, 0.717) is 12.1 Å².